The summed E-state index contributed by atoms with van der Waals surface area (Å²) in [5.41, 5.74) is -2.42. The fourth-order valence-electron chi connectivity index (χ4n) is 6.76. The second-order valence-electron chi connectivity index (χ2n) is 15.4. The number of aromatic nitrogens is 1. The predicted molar refractivity (Wildman–Crippen MR) is 293 cm³/mol. The summed E-state index contributed by atoms with van der Waals surface area (Å²) >= 11 is 1.17. The first-order valence-electron chi connectivity index (χ1n) is 20.1. The SMILES string of the molecule is Cc1ccc2nc(-c3ccc(N=Nc4cc(N=Nc5cc(S(=O)(=O)O)cc6cc(S(=O)(=O)O)c(N=Nc7ccc(N=Nc8ccc(S(=O)(=O)O)cc8)c(S(=O)(=O)O)c7)c(O)c56)c(O)cc4O)cc3S(=O)(=O)O)sc2c1.[Na].[Na].[Na].[Na].[Na]. The molecule has 8 rings (SSSR count). The van der Waals surface area contributed by atoms with Crippen LogP contribution in [-0.4, -0.2) is 233 Å². The number of benzene rings is 7. The summed E-state index contributed by atoms with van der Waals surface area (Å²) in [4.78, 5) is 0.245. The summed E-state index contributed by atoms with van der Waals surface area (Å²) in [6.45, 7) is 1.86. The number of hydrogen-bond donors (Lipinski definition) is 8. The number of aromatic hydroxyl groups is 3. The summed E-state index contributed by atoms with van der Waals surface area (Å²) in [5, 5.41) is 62.6. The molecule has 8 aromatic rings. The molecule has 0 aliphatic rings. The number of aryl methyl sites for hydroxylation is 1. The average molecular weight is 1260 g/mol. The van der Waals surface area contributed by atoms with Gasteiger partial charge in [0, 0.05) is 165 Å². The van der Waals surface area contributed by atoms with E-state index >= 15 is 0 Å². The van der Waals surface area contributed by atoms with Crippen molar-refractivity contribution >= 4 is 276 Å². The molecule has 27 nitrogen and oxygen atoms in total. The molecule has 0 unspecified atom stereocenters. The number of azo groups is 4. The Hall–Kier alpha value is -2.96. The van der Waals surface area contributed by atoms with Crippen molar-refractivity contribution in [2.45, 2.75) is 31.4 Å². The Balaban J connectivity index is 0.00000336. The summed E-state index contributed by atoms with van der Waals surface area (Å²) in [5.74, 6) is -2.73. The van der Waals surface area contributed by atoms with E-state index in [0.717, 1.165) is 64.9 Å². The first-order valence-corrected chi connectivity index (χ1v) is 28.2. The number of phenolic OH excluding ortho intramolecular Hbond substituents is 3. The molecule has 1 aromatic heterocycles. The van der Waals surface area contributed by atoms with Crippen LogP contribution in [0.5, 0.6) is 17.2 Å². The predicted octanol–water partition coefficient (Wildman–Crippen LogP) is 8.53. The zero-order valence-electron chi connectivity index (χ0n) is 42.0. The van der Waals surface area contributed by atoms with Gasteiger partial charge in [0.25, 0.3) is 50.6 Å². The van der Waals surface area contributed by atoms with E-state index in [2.05, 4.69) is 45.9 Å². The molecule has 391 valence electrons. The van der Waals surface area contributed by atoms with E-state index in [0.29, 0.717) is 29.8 Å². The Bertz CT molecular complexity index is 4460. The molecule has 0 bridgehead atoms. The largest absolute Gasteiger partial charge is 0.505 e. The quantitative estimate of drug-likeness (QED) is 0.0287. The second-order valence-corrected chi connectivity index (χ2v) is 23.5. The topological polar surface area (TPSA) is 444 Å². The van der Waals surface area contributed by atoms with Crippen LogP contribution < -0.4 is 0 Å². The molecule has 7 aromatic carbocycles. The molecule has 1 heterocycles. The van der Waals surface area contributed by atoms with E-state index in [-0.39, 0.29) is 170 Å². The second kappa shape index (κ2) is 27.8. The third kappa shape index (κ3) is 16.9. The Morgan fingerprint density at radius 2 is 0.925 bits per heavy atom. The van der Waals surface area contributed by atoms with E-state index in [1.807, 2.05) is 19.1 Å². The number of rotatable bonds is 14. The Morgan fingerprint density at radius 3 is 1.50 bits per heavy atom. The zero-order valence-corrected chi connectivity index (χ0v) is 56.9. The number of fused-ring (bicyclic) bond motifs is 2. The van der Waals surface area contributed by atoms with Crippen LogP contribution in [0.3, 0.4) is 0 Å². The van der Waals surface area contributed by atoms with Crippen molar-refractivity contribution in [1.82, 2.24) is 4.98 Å². The molecule has 8 N–H and O–H groups in total. The van der Waals surface area contributed by atoms with E-state index in [1.165, 1.54) is 23.5 Å². The van der Waals surface area contributed by atoms with E-state index < -0.39 is 137 Å². The normalized spacial score (nSPS) is 12.3. The summed E-state index contributed by atoms with van der Waals surface area (Å²) in [6, 6.07) is 19.3. The minimum Gasteiger partial charge on any atom is -0.505 e. The van der Waals surface area contributed by atoms with Gasteiger partial charge in [-0.05, 0) is 109 Å². The molecule has 80 heavy (non-hydrogen) atoms. The van der Waals surface area contributed by atoms with Crippen LogP contribution >= 0.6 is 11.3 Å². The molecule has 5 radical (unpaired) electrons. The van der Waals surface area contributed by atoms with Gasteiger partial charge >= 0.3 is 0 Å². The minimum atomic E-state index is -5.43. The Morgan fingerprint density at radius 1 is 0.425 bits per heavy atom. The summed E-state index contributed by atoms with van der Waals surface area (Å²) in [7, 11) is -25.2. The first-order chi connectivity index (χ1) is 34.9. The summed E-state index contributed by atoms with van der Waals surface area (Å²) < 4.78 is 173. The van der Waals surface area contributed by atoms with Crippen LogP contribution in [0.2, 0.25) is 0 Å². The van der Waals surface area contributed by atoms with Gasteiger partial charge in [-0.15, -0.1) is 36.9 Å². The van der Waals surface area contributed by atoms with Crippen molar-refractivity contribution in [3.05, 3.63) is 115 Å². The molecular formula is C42H29N9Na5O18S6. The summed E-state index contributed by atoms with van der Waals surface area (Å²) in [6.07, 6.45) is 0. The van der Waals surface area contributed by atoms with Crippen LogP contribution in [0.15, 0.2) is 175 Å². The fourth-order valence-corrected chi connectivity index (χ4v) is 11.0. The maximum absolute atomic E-state index is 12.7. The third-order valence-electron chi connectivity index (χ3n) is 10.2. The molecule has 38 heteroatoms. The monoisotopic (exact) mass is 1250 g/mol. The molecule has 0 saturated heterocycles. The van der Waals surface area contributed by atoms with E-state index in [9.17, 15) is 80.2 Å². The van der Waals surface area contributed by atoms with Crippen molar-refractivity contribution in [3.8, 4) is 27.8 Å². The van der Waals surface area contributed by atoms with Gasteiger partial charge in [-0.3, -0.25) is 22.8 Å². The van der Waals surface area contributed by atoms with Crippen molar-refractivity contribution in [2.24, 2.45) is 40.9 Å². The molecule has 0 aliphatic carbocycles. The average Bonchev–Trinajstić information content (AvgIpc) is 3.74. The van der Waals surface area contributed by atoms with E-state index in [4.69, 9.17) is 0 Å². The van der Waals surface area contributed by atoms with Crippen LogP contribution in [0, 0.1) is 6.92 Å². The number of thiazole rings is 1. The molecular weight excluding hydrogens is 1230 g/mol. The van der Waals surface area contributed by atoms with Gasteiger partial charge in [0.2, 0.25) is 0 Å². The third-order valence-corrected chi connectivity index (χ3v) is 15.6. The van der Waals surface area contributed by atoms with Crippen molar-refractivity contribution in [1.29, 1.82) is 0 Å². The minimum absolute atomic E-state index is 0. The van der Waals surface area contributed by atoms with Crippen molar-refractivity contribution in [3.63, 3.8) is 0 Å². The molecule has 0 spiro atoms. The van der Waals surface area contributed by atoms with Crippen LogP contribution in [0.25, 0.3) is 31.6 Å². The van der Waals surface area contributed by atoms with Gasteiger partial charge in [-0.1, -0.05) is 6.07 Å². The van der Waals surface area contributed by atoms with Crippen molar-refractivity contribution < 1.29 is 80.2 Å². The maximum atomic E-state index is 12.7. The smallest absolute Gasteiger partial charge is 0.296 e. The molecule has 0 saturated carbocycles. The van der Waals surface area contributed by atoms with Gasteiger partial charge in [-0.2, -0.15) is 57.4 Å². The van der Waals surface area contributed by atoms with Crippen LogP contribution in [0.4, 0.5) is 45.5 Å². The molecule has 0 atom stereocenters. The van der Waals surface area contributed by atoms with Crippen LogP contribution in [-0.2, 0) is 50.6 Å². The molecule has 0 aliphatic heterocycles. The standard InChI is InChI=1S/C42H29N9O18S6.5Na/c1-20-2-10-28-35(12-20)70-42(43-28)27-9-5-23(15-36(27)73(61,62)63)45-48-30-18-31(34(53)19-33(30)52)49-50-32-17-26(72(58,59)60)13-21-14-38(75(67,68)69)40(41(54)39(21)32)51-46-24-6-11-29(37(16-24)74(64,65)66)47-44-22-3-7-25(8-4-22)71(55,56)57;;;;;/h2-19,52-54H,1H3,(H,55,56,57)(H,58,59,60)(H,61,62,63)(H,64,65,66)(H,67,68,69);;;;;. The van der Waals surface area contributed by atoms with Gasteiger partial charge < -0.3 is 15.3 Å². The van der Waals surface area contributed by atoms with Gasteiger partial charge in [-0.25, -0.2) is 4.98 Å². The Kier molecular flexibility index (Phi) is 24.8. The van der Waals surface area contributed by atoms with Gasteiger partial charge in [0.05, 0.1) is 48.1 Å². The first kappa shape index (κ1) is 71.3. The fraction of sp³-hybridized carbons (Fsp3) is 0.0238. The molecule has 0 fully saturated rings. The zero-order chi connectivity index (χ0) is 54.6. The van der Waals surface area contributed by atoms with Crippen molar-refractivity contribution in [2.75, 3.05) is 0 Å². The van der Waals surface area contributed by atoms with E-state index in [1.54, 1.807) is 6.07 Å². The maximum Gasteiger partial charge on any atom is 0.296 e. The van der Waals surface area contributed by atoms with Crippen LogP contribution in [0.1, 0.15) is 5.56 Å². The number of hydrogen-bond acceptors (Lipinski definition) is 23. The number of phenols is 3. The number of nitrogens with zero attached hydrogens (tertiary/aromatic N) is 9. The molecule has 0 amide bonds. The van der Waals surface area contributed by atoms with Gasteiger partial charge in [0.15, 0.2) is 5.75 Å². The van der Waals surface area contributed by atoms with Gasteiger partial charge in [0.1, 0.15) is 53.9 Å². The Labute approximate surface area is 568 Å².